The van der Waals surface area contributed by atoms with Crippen molar-refractivity contribution in [3.63, 3.8) is 0 Å². The number of hydrogen-bond donors (Lipinski definition) is 3. The third-order valence-electron chi connectivity index (χ3n) is 4.38. The average Bonchev–Trinajstić information content (AvgIpc) is 2.68. The standard InChI is InChI=1S/C20H20ClN3O3S/c1-11-17(19(25)23-14-7-5-4-6-13(14)21)18(24-20(28)22-11)12-8-9-15(26-2)16(10-12)27-3/h4-10,18H,1-3H3,(H,23,25)(H2,22,24,28). The maximum atomic E-state index is 13.1. The molecule has 1 unspecified atom stereocenters. The summed E-state index contributed by atoms with van der Waals surface area (Å²) in [5, 5.41) is 9.93. The quantitative estimate of drug-likeness (QED) is 0.643. The summed E-state index contributed by atoms with van der Waals surface area (Å²) in [5.41, 5.74) is 2.51. The number of benzene rings is 2. The highest BCUT2D eigenvalue weighted by atomic mass is 35.5. The monoisotopic (exact) mass is 417 g/mol. The largest absolute Gasteiger partial charge is 0.493 e. The maximum Gasteiger partial charge on any atom is 0.255 e. The molecule has 0 aromatic heterocycles. The lowest BCUT2D eigenvalue weighted by molar-refractivity contribution is -0.113. The minimum atomic E-state index is -0.462. The van der Waals surface area contributed by atoms with Gasteiger partial charge in [-0.2, -0.15) is 0 Å². The number of carbonyl (C=O) groups is 1. The van der Waals surface area contributed by atoms with Gasteiger partial charge in [-0.25, -0.2) is 0 Å². The van der Waals surface area contributed by atoms with Crippen LogP contribution in [0.1, 0.15) is 18.5 Å². The van der Waals surface area contributed by atoms with Gasteiger partial charge in [0.2, 0.25) is 0 Å². The molecule has 2 aromatic rings. The van der Waals surface area contributed by atoms with Gasteiger partial charge in [-0.3, -0.25) is 4.79 Å². The third-order valence-corrected chi connectivity index (χ3v) is 4.93. The molecule has 1 atom stereocenters. The van der Waals surface area contributed by atoms with Gasteiger partial charge < -0.3 is 25.4 Å². The van der Waals surface area contributed by atoms with Crippen molar-refractivity contribution in [2.45, 2.75) is 13.0 Å². The number of thiocarbonyl (C=S) groups is 1. The predicted octanol–water partition coefficient (Wildman–Crippen LogP) is 3.79. The van der Waals surface area contributed by atoms with Crippen LogP contribution >= 0.6 is 23.8 Å². The number of nitrogens with one attached hydrogen (secondary N) is 3. The highest BCUT2D eigenvalue weighted by molar-refractivity contribution is 7.80. The molecule has 1 aliphatic rings. The summed E-state index contributed by atoms with van der Waals surface area (Å²) in [5.74, 6) is 0.883. The van der Waals surface area contributed by atoms with E-state index in [4.69, 9.17) is 33.3 Å². The van der Waals surface area contributed by atoms with Gasteiger partial charge in [-0.15, -0.1) is 0 Å². The molecule has 28 heavy (non-hydrogen) atoms. The smallest absolute Gasteiger partial charge is 0.255 e. The van der Waals surface area contributed by atoms with Crippen molar-refractivity contribution in [3.05, 3.63) is 64.3 Å². The number of carbonyl (C=O) groups excluding carboxylic acids is 1. The molecule has 0 spiro atoms. The zero-order valence-corrected chi connectivity index (χ0v) is 17.2. The number of halogens is 1. The van der Waals surface area contributed by atoms with Gasteiger partial charge in [0.05, 0.1) is 36.5 Å². The number of methoxy groups -OCH3 is 2. The molecule has 1 amide bonds. The minimum Gasteiger partial charge on any atom is -0.493 e. The van der Waals surface area contributed by atoms with E-state index < -0.39 is 6.04 Å². The third kappa shape index (κ3) is 4.05. The summed E-state index contributed by atoms with van der Waals surface area (Å²) in [6.07, 6.45) is 0. The van der Waals surface area contributed by atoms with E-state index in [1.165, 1.54) is 0 Å². The number of anilines is 1. The average molecular weight is 418 g/mol. The van der Waals surface area contributed by atoms with Crippen LogP contribution in [0.15, 0.2) is 53.7 Å². The SMILES string of the molecule is COc1ccc(C2NC(=S)NC(C)=C2C(=O)Nc2ccccc2Cl)cc1OC. The lowest BCUT2D eigenvalue weighted by Gasteiger charge is -2.30. The van der Waals surface area contributed by atoms with E-state index in [0.717, 1.165) is 5.56 Å². The predicted molar refractivity (Wildman–Crippen MR) is 114 cm³/mol. The summed E-state index contributed by atoms with van der Waals surface area (Å²) in [7, 11) is 3.14. The van der Waals surface area contributed by atoms with Gasteiger partial charge in [0.25, 0.3) is 5.91 Å². The van der Waals surface area contributed by atoms with Crippen LogP contribution in [0.3, 0.4) is 0 Å². The maximum absolute atomic E-state index is 13.1. The summed E-state index contributed by atoms with van der Waals surface area (Å²) in [4.78, 5) is 13.1. The molecule has 0 radical (unpaired) electrons. The number of allylic oxidation sites excluding steroid dienone is 1. The number of hydrogen-bond acceptors (Lipinski definition) is 4. The van der Waals surface area contributed by atoms with Crippen LogP contribution in [0.5, 0.6) is 11.5 Å². The molecule has 0 aliphatic carbocycles. The fraction of sp³-hybridized carbons (Fsp3) is 0.200. The molecule has 8 heteroatoms. The second kappa shape index (κ2) is 8.50. The Morgan fingerprint density at radius 1 is 1.14 bits per heavy atom. The Kier molecular flexibility index (Phi) is 6.06. The van der Waals surface area contributed by atoms with Crippen molar-refractivity contribution >= 4 is 40.5 Å². The molecule has 3 rings (SSSR count). The molecule has 6 nitrogen and oxygen atoms in total. The fourth-order valence-corrected chi connectivity index (χ4v) is 3.48. The van der Waals surface area contributed by atoms with Crippen molar-refractivity contribution in [1.29, 1.82) is 0 Å². The highest BCUT2D eigenvalue weighted by Crippen LogP contribution is 2.34. The molecule has 2 aromatic carbocycles. The van der Waals surface area contributed by atoms with Crippen molar-refractivity contribution in [2.75, 3.05) is 19.5 Å². The summed E-state index contributed by atoms with van der Waals surface area (Å²) < 4.78 is 10.7. The van der Waals surface area contributed by atoms with Crippen molar-refractivity contribution in [1.82, 2.24) is 10.6 Å². The molecule has 3 N–H and O–H groups in total. The first-order valence-corrected chi connectivity index (χ1v) is 9.29. The van der Waals surface area contributed by atoms with E-state index in [9.17, 15) is 4.79 Å². The lowest BCUT2D eigenvalue weighted by Crippen LogP contribution is -2.45. The van der Waals surface area contributed by atoms with Gasteiger partial charge in [0.15, 0.2) is 16.6 Å². The Morgan fingerprint density at radius 3 is 2.54 bits per heavy atom. The molecule has 0 fully saturated rings. The molecular weight excluding hydrogens is 398 g/mol. The van der Waals surface area contributed by atoms with Crippen LogP contribution in [0.2, 0.25) is 5.02 Å². The van der Waals surface area contributed by atoms with Gasteiger partial charge in [0, 0.05) is 5.70 Å². The van der Waals surface area contributed by atoms with Crippen LogP contribution in [-0.2, 0) is 4.79 Å². The molecular formula is C20H20ClN3O3S. The normalized spacial score (nSPS) is 16.1. The minimum absolute atomic E-state index is 0.284. The first-order chi connectivity index (χ1) is 13.4. The molecule has 146 valence electrons. The lowest BCUT2D eigenvalue weighted by atomic mass is 9.94. The Morgan fingerprint density at radius 2 is 1.86 bits per heavy atom. The number of para-hydroxylation sites is 1. The van der Waals surface area contributed by atoms with Gasteiger partial charge in [0.1, 0.15) is 0 Å². The molecule has 0 saturated carbocycles. The van der Waals surface area contributed by atoms with Gasteiger partial charge >= 0.3 is 0 Å². The van der Waals surface area contributed by atoms with E-state index in [0.29, 0.717) is 38.6 Å². The summed E-state index contributed by atoms with van der Waals surface area (Å²) >= 11 is 11.5. The van der Waals surface area contributed by atoms with E-state index in [2.05, 4.69) is 16.0 Å². The van der Waals surface area contributed by atoms with Crippen LogP contribution < -0.4 is 25.4 Å². The van der Waals surface area contributed by atoms with Crippen LogP contribution in [0.25, 0.3) is 0 Å². The Balaban J connectivity index is 1.99. The van der Waals surface area contributed by atoms with Gasteiger partial charge in [-0.1, -0.05) is 29.8 Å². The zero-order valence-electron chi connectivity index (χ0n) is 15.6. The van der Waals surface area contributed by atoms with Crippen molar-refractivity contribution in [3.8, 4) is 11.5 Å². The number of ether oxygens (including phenoxy) is 2. The molecule has 1 aliphatic heterocycles. The van der Waals surface area contributed by atoms with E-state index in [1.54, 1.807) is 44.6 Å². The Bertz CT molecular complexity index is 961. The van der Waals surface area contributed by atoms with Gasteiger partial charge in [-0.05, 0) is 49.0 Å². The Labute approximate surface area is 173 Å². The van der Waals surface area contributed by atoms with E-state index in [-0.39, 0.29) is 5.91 Å². The second-order valence-electron chi connectivity index (χ2n) is 6.12. The zero-order chi connectivity index (χ0) is 20.3. The summed E-state index contributed by atoms with van der Waals surface area (Å²) in [6, 6.07) is 12.1. The number of amides is 1. The molecule has 1 heterocycles. The van der Waals surface area contributed by atoms with E-state index in [1.807, 2.05) is 19.1 Å². The van der Waals surface area contributed by atoms with Crippen LogP contribution in [0, 0.1) is 0 Å². The second-order valence-corrected chi connectivity index (χ2v) is 6.93. The van der Waals surface area contributed by atoms with Crippen LogP contribution in [-0.4, -0.2) is 25.2 Å². The molecule has 0 saturated heterocycles. The van der Waals surface area contributed by atoms with Crippen molar-refractivity contribution < 1.29 is 14.3 Å². The molecule has 0 bridgehead atoms. The van der Waals surface area contributed by atoms with Crippen molar-refractivity contribution in [2.24, 2.45) is 0 Å². The fourth-order valence-electron chi connectivity index (χ4n) is 3.03. The first-order valence-electron chi connectivity index (χ1n) is 8.50. The Hall–Kier alpha value is -2.77. The summed E-state index contributed by atoms with van der Waals surface area (Å²) in [6.45, 7) is 1.81. The highest BCUT2D eigenvalue weighted by Gasteiger charge is 2.30. The topological polar surface area (TPSA) is 71.6 Å². The van der Waals surface area contributed by atoms with Crippen LogP contribution in [0.4, 0.5) is 5.69 Å². The number of rotatable bonds is 5. The first kappa shape index (κ1) is 20.0. The van der Waals surface area contributed by atoms with E-state index >= 15 is 0 Å².